The first-order chi connectivity index (χ1) is 5.81. The summed E-state index contributed by atoms with van der Waals surface area (Å²) in [4.78, 5) is 20.5. The number of carbonyl (C=O) groups is 1. The molecule has 0 aliphatic rings. The highest BCUT2D eigenvalue weighted by atomic mass is 16.1. The molecule has 0 heterocycles. The average molecular weight is 168 g/mol. The molecule has 0 aromatic carbocycles. The van der Waals surface area contributed by atoms with Crippen LogP contribution in [0.4, 0.5) is 0 Å². The van der Waals surface area contributed by atoms with E-state index in [1.54, 1.807) is 0 Å². The molecule has 0 rings (SSSR count). The molecule has 0 bridgehead atoms. The Morgan fingerprint density at radius 3 is 2.50 bits per heavy atom. The van der Waals surface area contributed by atoms with Gasteiger partial charge in [-0.15, -0.1) is 0 Å². The van der Waals surface area contributed by atoms with Gasteiger partial charge in [-0.2, -0.15) is 0 Å². The zero-order chi connectivity index (χ0) is 9.23. The highest BCUT2D eigenvalue weighted by Crippen LogP contribution is 2.05. The monoisotopic (exact) mass is 168 g/mol. The number of hydrogen-bond acceptors (Lipinski definition) is 2. The Hall–Kier alpha value is -0.880. The fraction of sp³-hybridized carbons (Fsp3) is 0.700. The summed E-state index contributed by atoms with van der Waals surface area (Å²) < 4.78 is 0. The molecule has 0 saturated heterocycles. The van der Waals surface area contributed by atoms with Crippen LogP contribution in [0.5, 0.6) is 0 Å². The van der Waals surface area contributed by atoms with Crippen LogP contribution in [0, 0.1) is 0 Å². The molecule has 0 aromatic heterocycles. The maximum Gasteiger partial charge on any atom is 0.166 e. The van der Waals surface area contributed by atoms with E-state index in [1.165, 1.54) is 25.2 Å². The number of unbranched alkanes of at least 4 members (excludes halogenated alkanes) is 4. The minimum atomic E-state index is -0.0958. The Morgan fingerprint density at radius 1 is 1.25 bits per heavy atom. The molecule has 0 aliphatic heterocycles. The Balaban J connectivity index is 3.19. The first kappa shape index (κ1) is 11.1. The summed E-state index contributed by atoms with van der Waals surface area (Å²) >= 11 is 0. The molecule has 0 aliphatic carbocycles. The van der Waals surface area contributed by atoms with Gasteiger partial charge in [0.2, 0.25) is 0 Å². The minimum Gasteiger partial charge on any atom is -0.294 e. The number of rotatable bonds is 7. The van der Waals surface area contributed by atoms with E-state index in [2.05, 4.69) is 6.92 Å². The van der Waals surface area contributed by atoms with E-state index in [9.17, 15) is 9.59 Å². The van der Waals surface area contributed by atoms with E-state index in [0.717, 1.165) is 18.9 Å². The van der Waals surface area contributed by atoms with Gasteiger partial charge in [0.1, 0.15) is 5.94 Å². The lowest BCUT2D eigenvalue weighted by atomic mass is 10.1. The van der Waals surface area contributed by atoms with Crippen molar-refractivity contribution in [1.82, 2.24) is 0 Å². The lowest BCUT2D eigenvalue weighted by Gasteiger charge is -1.95. The molecule has 2 heteroatoms. The zero-order valence-corrected chi connectivity index (χ0v) is 7.64. The molecule has 0 aromatic rings. The molecule has 12 heavy (non-hydrogen) atoms. The topological polar surface area (TPSA) is 34.1 Å². The lowest BCUT2D eigenvalue weighted by molar-refractivity contribution is -0.114. The number of carbonyl (C=O) groups excluding carboxylic acids is 2. The van der Waals surface area contributed by atoms with Crippen molar-refractivity contribution >= 4 is 11.7 Å². The number of ketones is 1. The van der Waals surface area contributed by atoms with E-state index < -0.39 is 0 Å². The Morgan fingerprint density at radius 2 is 1.92 bits per heavy atom. The van der Waals surface area contributed by atoms with Crippen LogP contribution >= 0.6 is 0 Å². The average Bonchev–Trinajstić information content (AvgIpc) is 2.05. The summed E-state index contributed by atoms with van der Waals surface area (Å²) in [6, 6.07) is 0. The molecule has 0 saturated carbocycles. The molecule has 0 radical (unpaired) electrons. The van der Waals surface area contributed by atoms with Gasteiger partial charge < -0.3 is 0 Å². The van der Waals surface area contributed by atoms with E-state index in [1.807, 2.05) is 0 Å². The third-order valence-corrected chi connectivity index (χ3v) is 1.75. The van der Waals surface area contributed by atoms with Gasteiger partial charge in [-0.3, -0.25) is 4.79 Å². The third-order valence-electron chi connectivity index (χ3n) is 1.75. The van der Waals surface area contributed by atoms with E-state index >= 15 is 0 Å². The first-order valence-electron chi connectivity index (χ1n) is 4.55. The number of hydrogen-bond donors (Lipinski definition) is 0. The fourth-order valence-electron chi connectivity index (χ4n) is 1.04. The molecule has 0 atom stereocenters. The summed E-state index contributed by atoms with van der Waals surface area (Å²) in [6.45, 7) is 2.15. The van der Waals surface area contributed by atoms with Gasteiger partial charge in [0.05, 0.1) is 6.08 Å². The Kier molecular flexibility index (Phi) is 7.62. The van der Waals surface area contributed by atoms with Gasteiger partial charge >= 0.3 is 0 Å². The van der Waals surface area contributed by atoms with Crippen LogP contribution in [-0.2, 0) is 9.59 Å². The second-order valence-electron chi connectivity index (χ2n) is 2.89. The van der Waals surface area contributed by atoms with Crippen LogP contribution in [0.25, 0.3) is 0 Å². The van der Waals surface area contributed by atoms with E-state index in [4.69, 9.17) is 0 Å². The smallest absolute Gasteiger partial charge is 0.166 e. The van der Waals surface area contributed by atoms with Crippen LogP contribution in [0.3, 0.4) is 0 Å². The summed E-state index contributed by atoms with van der Waals surface area (Å²) in [5.41, 5.74) is 0. The maximum absolute atomic E-state index is 10.8. The largest absolute Gasteiger partial charge is 0.294 e. The van der Waals surface area contributed by atoms with Gasteiger partial charge in [-0.25, -0.2) is 4.79 Å². The van der Waals surface area contributed by atoms with Gasteiger partial charge in [0, 0.05) is 6.42 Å². The molecule has 0 unspecified atom stereocenters. The highest BCUT2D eigenvalue weighted by Gasteiger charge is 1.96. The first-order valence-corrected chi connectivity index (χ1v) is 4.55. The lowest BCUT2D eigenvalue weighted by Crippen LogP contribution is -1.92. The quantitative estimate of drug-likeness (QED) is 0.332. The van der Waals surface area contributed by atoms with Crippen molar-refractivity contribution in [3.8, 4) is 0 Å². The van der Waals surface area contributed by atoms with E-state index in [0.29, 0.717) is 6.42 Å². The maximum atomic E-state index is 10.8. The zero-order valence-electron chi connectivity index (χ0n) is 7.64. The molecular weight excluding hydrogens is 152 g/mol. The van der Waals surface area contributed by atoms with Crippen LogP contribution in [0.15, 0.2) is 6.08 Å². The fourth-order valence-corrected chi connectivity index (χ4v) is 1.04. The molecule has 0 N–H and O–H groups in total. The van der Waals surface area contributed by atoms with Gasteiger partial charge in [0.15, 0.2) is 5.78 Å². The SMILES string of the molecule is CCCCCCCC(=O)C=C=O. The van der Waals surface area contributed by atoms with Crippen LogP contribution in [0.1, 0.15) is 45.4 Å². The van der Waals surface area contributed by atoms with Crippen molar-refractivity contribution in [3.05, 3.63) is 6.08 Å². The van der Waals surface area contributed by atoms with Crippen molar-refractivity contribution in [1.29, 1.82) is 0 Å². The van der Waals surface area contributed by atoms with Crippen molar-refractivity contribution in [2.75, 3.05) is 0 Å². The predicted octanol–water partition coefficient (Wildman–Crippen LogP) is 2.30. The summed E-state index contributed by atoms with van der Waals surface area (Å²) in [5.74, 6) is 1.40. The molecule has 0 spiro atoms. The Bertz CT molecular complexity index is 167. The summed E-state index contributed by atoms with van der Waals surface area (Å²) in [6.07, 6.45) is 7.11. The second-order valence-corrected chi connectivity index (χ2v) is 2.89. The van der Waals surface area contributed by atoms with Crippen molar-refractivity contribution < 1.29 is 9.59 Å². The van der Waals surface area contributed by atoms with Crippen LogP contribution in [-0.4, -0.2) is 11.7 Å². The van der Waals surface area contributed by atoms with Crippen molar-refractivity contribution in [3.63, 3.8) is 0 Å². The molecule has 68 valence electrons. The standard InChI is InChI=1S/C10H16O2/c1-2-3-4-5-6-7-10(12)8-9-11/h8H,2-7H2,1H3. The normalized spacial score (nSPS) is 9.08. The number of allylic oxidation sites excluding steroid dienone is 1. The summed E-state index contributed by atoms with van der Waals surface area (Å²) in [7, 11) is 0. The van der Waals surface area contributed by atoms with Gasteiger partial charge in [-0.1, -0.05) is 32.6 Å². The minimum absolute atomic E-state index is 0.0958. The van der Waals surface area contributed by atoms with Crippen molar-refractivity contribution in [2.24, 2.45) is 0 Å². The van der Waals surface area contributed by atoms with E-state index in [-0.39, 0.29) is 5.78 Å². The second kappa shape index (κ2) is 8.22. The molecular formula is C10H16O2. The Labute approximate surface area is 73.7 Å². The molecule has 0 fully saturated rings. The van der Waals surface area contributed by atoms with Crippen LogP contribution < -0.4 is 0 Å². The molecule has 0 amide bonds. The van der Waals surface area contributed by atoms with Gasteiger partial charge in [0.25, 0.3) is 0 Å². The highest BCUT2D eigenvalue weighted by molar-refractivity contribution is 5.95. The van der Waals surface area contributed by atoms with Crippen LogP contribution in [0.2, 0.25) is 0 Å². The molecule has 2 nitrogen and oxygen atoms in total. The van der Waals surface area contributed by atoms with Crippen molar-refractivity contribution in [2.45, 2.75) is 45.4 Å². The predicted molar refractivity (Wildman–Crippen MR) is 48.6 cm³/mol. The van der Waals surface area contributed by atoms with Gasteiger partial charge in [-0.05, 0) is 6.42 Å². The third kappa shape index (κ3) is 7.23. The summed E-state index contributed by atoms with van der Waals surface area (Å²) in [5, 5.41) is 0.